The van der Waals surface area contributed by atoms with Gasteiger partial charge in [0.25, 0.3) is 0 Å². The maximum Gasteiger partial charge on any atom is 0.416 e. The van der Waals surface area contributed by atoms with E-state index in [1.165, 1.54) is 13.2 Å². The molecular formula is C9H9BrF3NO. The summed E-state index contributed by atoms with van der Waals surface area (Å²) < 4.78 is 42.9. The van der Waals surface area contributed by atoms with Gasteiger partial charge in [0.05, 0.1) is 17.1 Å². The van der Waals surface area contributed by atoms with Crippen LogP contribution in [0.5, 0.6) is 5.75 Å². The van der Waals surface area contributed by atoms with Gasteiger partial charge in [-0.1, -0.05) is 0 Å². The van der Waals surface area contributed by atoms with Crippen molar-refractivity contribution < 1.29 is 17.9 Å². The van der Waals surface area contributed by atoms with E-state index in [9.17, 15) is 13.2 Å². The van der Waals surface area contributed by atoms with Gasteiger partial charge in [-0.2, -0.15) is 13.2 Å². The number of hydrogen-bond donors (Lipinski definition) is 1. The van der Waals surface area contributed by atoms with E-state index in [1.54, 1.807) is 0 Å². The first kappa shape index (κ1) is 12.3. The predicted molar refractivity (Wildman–Crippen MR) is 53.6 cm³/mol. The molecule has 1 aromatic carbocycles. The number of hydrogen-bond acceptors (Lipinski definition) is 2. The highest BCUT2D eigenvalue weighted by atomic mass is 79.9. The van der Waals surface area contributed by atoms with Gasteiger partial charge < -0.3 is 10.5 Å². The van der Waals surface area contributed by atoms with Gasteiger partial charge in [-0.25, -0.2) is 0 Å². The smallest absolute Gasteiger partial charge is 0.416 e. The Balaban J connectivity index is 3.36. The number of alkyl halides is 3. The van der Waals surface area contributed by atoms with Crippen LogP contribution in [0.4, 0.5) is 13.2 Å². The van der Waals surface area contributed by atoms with E-state index in [0.29, 0.717) is 4.47 Å². The van der Waals surface area contributed by atoms with E-state index >= 15 is 0 Å². The minimum Gasteiger partial charge on any atom is -0.496 e. The topological polar surface area (TPSA) is 35.2 Å². The van der Waals surface area contributed by atoms with Crippen LogP contribution in [-0.4, -0.2) is 7.11 Å². The molecule has 84 valence electrons. The first-order valence-electron chi connectivity index (χ1n) is 4.03. The predicted octanol–water partition coefficient (Wildman–Crippen LogP) is 2.94. The molecule has 0 amide bonds. The molecule has 0 radical (unpaired) electrons. The standard InChI is InChI=1S/C9H9BrF3NO/c1-15-8-3-6(9(11,12)13)5(4-14)2-7(8)10/h2-3H,4,14H2,1H3. The first-order chi connectivity index (χ1) is 6.90. The maximum absolute atomic E-state index is 12.6. The normalized spacial score (nSPS) is 11.6. The van der Waals surface area contributed by atoms with Crippen LogP contribution < -0.4 is 10.5 Å². The second kappa shape index (κ2) is 4.40. The molecule has 0 aliphatic carbocycles. The Kier molecular flexibility index (Phi) is 3.62. The van der Waals surface area contributed by atoms with Crippen molar-refractivity contribution in [3.05, 3.63) is 27.7 Å². The molecule has 1 aromatic rings. The van der Waals surface area contributed by atoms with E-state index in [1.807, 2.05) is 0 Å². The van der Waals surface area contributed by atoms with Crippen molar-refractivity contribution in [2.45, 2.75) is 12.7 Å². The highest BCUT2D eigenvalue weighted by Crippen LogP contribution is 2.37. The molecule has 0 atom stereocenters. The lowest BCUT2D eigenvalue weighted by Gasteiger charge is -2.14. The van der Waals surface area contributed by atoms with Crippen molar-refractivity contribution in [1.29, 1.82) is 0 Å². The molecule has 0 aliphatic rings. The largest absolute Gasteiger partial charge is 0.496 e. The summed E-state index contributed by atoms with van der Waals surface area (Å²) in [4.78, 5) is 0. The fourth-order valence-corrected chi connectivity index (χ4v) is 1.74. The summed E-state index contributed by atoms with van der Waals surface area (Å²) >= 11 is 3.10. The lowest BCUT2D eigenvalue weighted by molar-refractivity contribution is -0.138. The van der Waals surface area contributed by atoms with E-state index in [2.05, 4.69) is 15.9 Å². The molecule has 0 unspecified atom stereocenters. The Bertz CT molecular complexity index is 365. The molecule has 0 aliphatic heterocycles. The van der Waals surface area contributed by atoms with Crippen LogP contribution in [-0.2, 0) is 12.7 Å². The molecule has 0 bridgehead atoms. The average molecular weight is 284 g/mol. The molecule has 0 saturated heterocycles. The molecular weight excluding hydrogens is 275 g/mol. The van der Waals surface area contributed by atoms with Gasteiger partial charge in [0.2, 0.25) is 0 Å². The second-order valence-corrected chi connectivity index (χ2v) is 3.70. The van der Waals surface area contributed by atoms with Gasteiger partial charge >= 0.3 is 6.18 Å². The average Bonchev–Trinajstić information content (AvgIpc) is 2.15. The summed E-state index contributed by atoms with van der Waals surface area (Å²) in [6, 6.07) is 2.26. The zero-order valence-electron chi connectivity index (χ0n) is 7.86. The number of halogens is 4. The van der Waals surface area contributed by atoms with Crippen LogP contribution in [0.2, 0.25) is 0 Å². The highest BCUT2D eigenvalue weighted by molar-refractivity contribution is 9.10. The van der Waals surface area contributed by atoms with Gasteiger partial charge in [0.1, 0.15) is 5.75 Å². The van der Waals surface area contributed by atoms with Crippen molar-refractivity contribution in [3.63, 3.8) is 0 Å². The Labute approximate surface area is 93.3 Å². The summed E-state index contributed by atoms with van der Waals surface area (Å²) in [5.41, 5.74) is 4.52. The SMILES string of the molecule is COc1cc(C(F)(F)F)c(CN)cc1Br. The van der Waals surface area contributed by atoms with Crippen LogP contribution in [0.25, 0.3) is 0 Å². The highest BCUT2D eigenvalue weighted by Gasteiger charge is 2.34. The van der Waals surface area contributed by atoms with Gasteiger partial charge in [0, 0.05) is 6.54 Å². The first-order valence-corrected chi connectivity index (χ1v) is 4.83. The molecule has 2 nitrogen and oxygen atoms in total. The zero-order chi connectivity index (χ0) is 11.6. The maximum atomic E-state index is 12.6. The second-order valence-electron chi connectivity index (χ2n) is 2.85. The van der Waals surface area contributed by atoms with Crippen LogP contribution >= 0.6 is 15.9 Å². The molecule has 0 spiro atoms. The Hall–Kier alpha value is -0.750. The van der Waals surface area contributed by atoms with E-state index in [4.69, 9.17) is 10.5 Å². The summed E-state index contributed by atoms with van der Waals surface area (Å²) in [5.74, 6) is 0.138. The van der Waals surface area contributed by atoms with Crippen molar-refractivity contribution in [3.8, 4) is 5.75 Å². The number of benzene rings is 1. The number of ether oxygens (including phenoxy) is 1. The number of rotatable bonds is 2. The third-order valence-corrected chi connectivity index (χ3v) is 2.52. The van der Waals surface area contributed by atoms with Gasteiger partial charge in [0.15, 0.2) is 0 Å². The van der Waals surface area contributed by atoms with Crippen LogP contribution in [0.1, 0.15) is 11.1 Å². The van der Waals surface area contributed by atoms with Gasteiger partial charge in [-0.05, 0) is 33.6 Å². The zero-order valence-corrected chi connectivity index (χ0v) is 9.45. The summed E-state index contributed by atoms with van der Waals surface area (Å²) in [5, 5.41) is 0. The summed E-state index contributed by atoms with van der Waals surface area (Å²) in [6.45, 7) is -0.169. The summed E-state index contributed by atoms with van der Waals surface area (Å²) in [7, 11) is 1.31. The van der Waals surface area contributed by atoms with Crippen molar-refractivity contribution in [2.75, 3.05) is 7.11 Å². The Morgan fingerprint density at radius 1 is 1.40 bits per heavy atom. The minimum atomic E-state index is -4.41. The summed E-state index contributed by atoms with van der Waals surface area (Å²) in [6.07, 6.45) is -4.41. The molecule has 0 fully saturated rings. The molecule has 15 heavy (non-hydrogen) atoms. The Morgan fingerprint density at radius 2 is 2.00 bits per heavy atom. The molecule has 2 N–H and O–H groups in total. The third-order valence-electron chi connectivity index (χ3n) is 1.90. The van der Waals surface area contributed by atoms with E-state index in [0.717, 1.165) is 6.07 Å². The number of nitrogens with two attached hydrogens (primary N) is 1. The lowest BCUT2D eigenvalue weighted by atomic mass is 10.1. The lowest BCUT2D eigenvalue weighted by Crippen LogP contribution is -2.12. The molecule has 1 rings (SSSR count). The molecule has 0 aromatic heterocycles. The van der Waals surface area contributed by atoms with Crippen molar-refractivity contribution >= 4 is 15.9 Å². The van der Waals surface area contributed by atoms with Gasteiger partial charge in [-0.3, -0.25) is 0 Å². The van der Waals surface area contributed by atoms with E-state index < -0.39 is 11.7 Å². The fraction of sp³-hybridized carbons (Fsp3) is 0.333. The van der Waals surface area contributed by atoms with Crippen molar-refractivity contribution in [1.82, 2.24) is 0 Å². The molecule has 0 heterocycles. The van der Waals surface area contributed by atoms with Crippen molar-refractivity contribution in [2.24, 2.45) is 5.73 Å². The Morgan fingerprint density at radius 3 is 2.40 bits per heavy atom. The molecule has 0 saturated carbocycles. The van der Waals surface area contributed by atoms with Gasteiger partial charge in [-0.15, -0.1) is 0 Å². The fourth-order valence-electron chi connectivity index (χ4n) is 1.18. The van der Waals surface area contributed by atoms with E-state index in [-0.39, 0.29) is 17.9 Å². The number of methoxy groups -OCH3 is 1. The molecule has 6 heteroatoms. The van der Waals surface area contributed by atoms with Crippen LogP contribution in [0, 0.1) is 0 Å². The van der Waals surface area contributed by atoms with Crippen LogP contribution in [0.15, 0.2) is 16.6 Å². The van der Waals surface area contributed by atoms with Crippen LogP contribution in [0.3, 0.4) is 0 Å². The minimum absolute atomic E-state index is 0.0372. The third kappa shape index (κ3) is 2.63. The quantitative estimate of drug-likeness (QED) is 0.906. The monoisotopic (exact) mass is 283 g/mol.